The summed E-state index contributed by atoms with van der Waals surface area (Å²) in [6.45, 7) is 3.67. The molecule has 1 aliphatic heterocycles. The molecule has 2 amide bonds. The molecule has 0 spiro atoms. The van der Waals surface area contributed by atoms with E-state index in [2.05, 4.69) is 10.1 Å². The summed E-state index contributed by atoms with van der Waals surface area (Å²) in [5, 5.41) is 4.01. The quantitative estimate of drug-likeness (QED) is 0.853. The van der Waals surface area contributed by atoms with E-state index in [0.29, 0.717) is 11.5 Å². The fourth-order valence-corrected chi connectivity index (χ4v) is 2.64. The molecule has 3 rings (SSSR count). The van der Waals surface area contributed by atoms with Crippen LogP contribution in [0.2, 0.25) is 0 Å². The maximum absolute atomic E-state index is 12.4. The Bertz CT molecular complexity index is 728. The van der Waals surface area contributed by atoms with E-state index < -0.39 is 12.1 Å². The minimum Gasteiger partial charge on any atom is -0.359 e. The predicted molar refractivity (Wildman–Crippen MR) is 82.0 cm³/mol. The monoisotopic (exact) mass is 314 g/mol. The first-order valence-electron chi connectivity index (χ1n) is 7.42. The minimum absolute atomic E-state index is 0.0795. The highest BCUT2D eigenvalue weighted by Gasteiger charge is 2.40. The van der Waals surface area contributed by atoms with E-state index in [1.807, 2.05) is 12.1 Å². The summed E-state index contributed by atoms with van der Waals surface area (Å²) >= 11 is 0. The summed E-state index contributed by atoms with van der Waals surface area (Å²) in [4.78, 5) is 31.7. The van der Waals surface area contributed by atoms with E-state index in [1.54, 1.807) is 39.4 Å². The van der Waals surface area contributed by atoms with Gasteiger partial charge >= 0.3 is 0 Å². The lowest BCUT2D eigenvalue weighted by molar-refractivity contribution is -0.159. The molecule has 2 aromatic heterocycles. The van der Waals surface area contributed by atoms with Gasteiger partial charge in [-0.15, -0.1) is 0 Å². The summed E-state index contributed by atoms with van der Waals surface area (Å²) in [6, 6.07) is 4.47. The Kier molecular flexibility index (Phi) is 3.85. The maximum atomic E-state index is 12.4. The number of pyridine rings is 1. The topological polar surface area (TPSA) is 79.5 Å². The lowest BCUT2D eigenvalue weighted by Crippen LogP contribution is -2.61. The van der Waals surface area contributed by atoms with Crippen LogP contribution in [0.1, 0.15) is 19.6 Å². The molecular weight excluding hydrogens is 296 g/mol. The van der Waals surface area contributed by atoms with Crippen LogP contribution in [0.3, 0.4) is 0 Å². The summed E-state index contributed by atoms with van der Waals surface area (Å²) in [7, 11) is 1.65. The van der Waals surface area contributed by atoms with Gasteiger partial charge < -0.3 is 14.3 Å². The van der Waals surface area contributed by atoms with E-state index in [-0.39, 0.29) is 18.4 Å². The van der Waals surface area contributed by atoms with Gasteiger partial charge in [0.25, 0.3) is 0 Å². The zero-order chi connectivity index (χ0) is 16.6. The number of likely N-dealkylation sites (N-methyl/N-ethyl adjacent to an activating group) is 1. The fourth-order valence-electron chi connectivity index (χ4n) is 2.64. The number of carbonyl (C=O) groups is 2. The number of amides is 2. The molecule has 2 aromatic rings. The van der Waals surface area contributed by atoms with Gasteiger partial charge in [0.15, 0.2) is 5.76 Å². The van der Waals surface area contributed by atoms with E-state index in [1.165, 1.54) is 9.80 Å². The average molecular weight is 314 g/mol. The van der Waals surface area contributed by atoms with Gasteiger partial charge in [-0.3, -0.25) is 14.6 Å². The largest absolute Gasteiger partial charge is 0.359 e. The number of nitrogens with zero attached hydrogens (tertiary/aromatic N) is 4. The van der Waals surface area contributed by atoms with Crippen molar-refractivity contribution in [2.75, 3.05) is 7.05 Å². The number of aromatic nitrogens is 2. The van der Waals surface area contributed by atoms with Crippen molar-refractivity contribution >= 4 is 11.8 Å². The van der Waals surface area contributed by atoms with Gasteiger partial charge in [-0.25, -0.2) is 0 Å². The van der Waals surface area contributed by atoms with Gasteiger partial charge in [-0.2, -0.15) is 0 Å². The number of rotatable bonds is 3. The lowest BCUT2D eigenvalue weighted by atomic mass is 10.1. The van der Waals surface area contributed by atoms with Crippen molar-refractivity contribution in [2.45, 2.75) is 32.5 Å². The van der Waals surface area contributed by atoms with Crippen molar-refractivity contribution in [2.24, 2.45) is 0 Å². The molecule has 0 aliphatic carbocycles. The van der Waals surface area contributed by atoms with E-state index in [9.17, 15) is 9.59 Å². The Balaban J connectivity index is 1.80. The maximum Gasteiger partial charge on any atom is 0.246 e. The van der Waals surface area contributed by atoms with Crippen molar-refractivity contribution in [3.8, 4) is 11.3 Å². The summed E-state index contributed by atoms with van der Waals surface area (Å²) < 4.78 is 5.32. The third kappa shape index (κ3) is 2.69. The highest BCUT2D eigenvalue weighted by Crippen LogP contribution is 2.22. The van der Waals surface area contributed by atoms with Crippen molar-refractivity contribution in [3.63, 3.8) is 0 Å². The zero-order valence-corrected chi connectivity index (χ0v) is 13.3. The molecule has 0 aromatic carbocycles. The van der Waals surface area contributed by atoms with Crippen LogP contribution in [-0.2, 0) is 16.1 Å². The second kappa shape index (κ2) is 5.83. The van der Waals surface area contributed by atoms with E-state index >= 15 is 0 Å². The number of hydrogen-bond donors (Lipinski definition) is 0. The Morgan fingerprint density at radius 1 is 1.22 bits per heavy atom. The first kappa shape index (κ1) is 15.2. The first-order valence-corrected chi connectivity index (χ1v) is 7.42. The number of piperazine rings is 1. The Labute approximate surface area is 133 Å². The van der Waals surface area contributed by atoms with Crippen molar-refractivity contribution in [1.29, 1.82) is 0 Å². The molecular formula is C16H18N4O3. The predicted octanol–water partition coefficient (Wildman–Crippen LogP) is 1.31. The van der Waals surface area contributed by atoms with Gasteiger partial charge in [0.05, 0.1) is 6.54 Å². The molecule has 1 fully saturated rings. The molecule has 0 saturated carbocycles. The van der Waals surface area contributed by atoms with Gasteiger partial charge in [0, 0.05) is 31.1 Å². The van der Waals surface area contributed by atoms with Gasteiger partial charge in [0.2, 0.25) is 11.8 Å². The molecule has 1 aliphatic rings. The Hall–Kier alpha value is -2.70. The normalized spacial score (nSPS) is 21.9. The third-order valence-electron chi connectivity index (χ3n) is 4.24. The van der Waals surface area contributed by atoms with Crippen molar-refractivity contribution in [3.05, 3.63) is 36.4 Å². The molecule has 0 N–H and O–H groups in total. The first-order chi connectivity index (χ1) is 11.0. The van der Waals surface area contributed by atoms with E-state index in [4.69, 9.17) is 4.52 Å². The zero-order valence-electron chi connectivity index (χ0n) is 13.3. The van der Waals surface area contributed by atoms with Crippen LogP contribution in [0.4, 0.5) is 0 Å². The minimum atomic E-state index is -0.518. The van der Waals surface area contributed by atoms with Crippen LogP contribution in [-0.4, -0.2) is 50.9 Å². The lowest BCUT2D eigenvalue weighted by Gasteiger charge is -2.40. The molecule has 0 radical (unpaired) electrons. The molecule has 0 bridgehead atoms. The van der Waals surface area contributed by atoms with Gasteiger partial charge in [-0.05, 0) is 26.0 Å². The standard InChI is InChI=1S/C16H18N4O3/c1-10-16(22)20(11(2)15(21)19(10)3)9-13-7-14(18-23-13)12-5-4-6-17-8-12/h4-8,10-11H,9H2,1-3H3/t10-,11-/m0/s1. The van der Waals surface area contributed by atoms with E-state index in [0.717, 1.165) is 5.56 Å². The Morgan fingerprint density at radius 2 is 2.00 bits per heavy atom. The second-order valence-electron chi connectivity index (χ2n) is 5.69. The highest BCUT2D eigenvalue weighted by atomic mass is 16.5. The van der Waals surface area contributed by atoms with Gasteiger partial charge in [-0.1, -0.05) is 5.16 Å². The van der Waals surface area contributed by atoms with Crippen LogP contribution in [0.25, 0.3) is 11.3 Å². The molecule has 0 unspecified atom stereocenters. The van der Waals surface area contributed by atoms with Crippen LogP contribution >= 0.6 is 0 Å². The van der Waals surface area contributed by atoms with Crippen LogP contribution in [0.5, 0.6) is 0 Å². The van der Waals surface area contributed by atoms with Crippen molar-refractivity contribution < 1.29 is 14.1 Å². The molecule has 120 valence electrons. The summed E-state index contributed by atoms with van der Waals surface area (Å²) in [5.41, 5.74) is 1.49. The second-order valence-corrected chi connectivity index (χ2v) is 5.69. The summed E-state index contributed by atoms with van der Waals surface area (Å²) in [5.74, 6) is 0.358. The SMILES string of the molecule is C[C@H]1C(=O)N(Cc2cc(-c3cccnc3)no2)[C@@H](C)C(=O)N1C. The Morgan fingerprint density at radius 3 is 2.70 bits per heavy atom. The fraction of sp³-hybridized carbons (Fsp3) is 0.375. The van der Waals surface area contributed by atoms with Crippen molar-refractivity contribution in [1.82, 2.24) is 19.9 Å². The highest BCUT2D eigenvalue weighted by molar-refractivity contribution is 5.96. The molecule has 7 nitrogen and oxygen atoms in total. The molecule has 3 heterocycles. The van der Waals surface area contributed by atoms with Gasteiger partial charge in [0.1, 0.15) is 17.8 Å². The molecule has 23 heavy (non-hydrogen) atoms. The average Bonchev–Trinajstić information content (AvgIpc) is 3.05. The number of carbonyl (C=O) groups excluding carboxylic acids is 2. The smallest absolute Gasteiger partial charge is 0.246 e. The third-order valence-corrected chi connectivity index (χ3v) is 4.24. The van der Waals surface area contributed by atoms with Crippen LogP contribution < -0.4 is 0 Å². The van der Waals surface area contributed by atoms with Crippen LogP contribution in [0.15, 0.2) is 35.1 Å². The number of hydrogen-bond acceptors (Lipinski definition) is 5. The molecule has 2 atom stereocenters. The summed E-state index contributed by atoms with van der Waals surface area (Å²) in [6.07, 6.45) is 3.37. The molecule has 1 saturated heterocycles. The molecule has 7 heteroatoms. The van der Waals surface area contributed by atoms with Crippen LogP contribution in [0, 0.1) is 0 Å².